The highest BCUT2D eigenvalue weighted by Crippen LogP contribution is 2.29. The predicted octanol–water partition coefficient (Wildman–Crippen LogP) is 4.39. The monoisotopic (exact) mass is 277 g/mol. The number of hydrogen-bond acceptors (Lipinski definition) is 3. The van der Waals surface area contributed by atoms with E-state index in [1.54, 1.807) is 11.3 Å². The van der Waals surface area contributed by atoms with Crippen molar-refractivity contribution in [3.63, 3.8) is 0 Å². The van der Waals surface area contributed by atoms with Gasteiger partial charge in [0.2, 0.25) is 0 Å². The van der Waals surface area contributed by atoms with Gasteiger partial charge in [0.05, 0.1) is 11.1 Å². The van der Waals surface area contributed by atoms with Crippen LogP contribution in [0.3, 0.4) is 0 Å². The van der Waals surface area contributed by atoms with Crippen molar-refractivity contribution in [2.24, 2.45) is 5.73 Å². The molecule has 3 aromatic rings. The lowest BCUT2D eigenvalue weighted by molar-refractivity contribution is 0.494. The molecule has 2 N–H and O–H groups in total. The van der Waals surface area contributed by atoms with Crippen LogP contribution in [-0.2, 0) is 6.42 Å². The molecule has 18 heavy (non-hydrogen) atoms. The number of halogens is 1. The fourth-order valence-electron chi connectivity index (χ4n) is 1.99. The number of rotatable bonds is 3. The van der Waals surface area contributed by atoms with Crippen molar-refractivity contribution in [3.05, 3.63) is 57.4 Å². The first-order valence-corrected chi connectivity index (χ1v) is 7.01. The average molecular weight is 278 g/mol. The topological polar surface area (TPSA) is 39.2 Å². The van der Waals surface area contributed by atoms with Crippen LogP contribution < -0.4 is 5.73 Å². The number of fused-ring (bicyclic) bond motifs is 1. The second-order valence-corrected chi connectivity index (χ2v) is 5.44. The van der Waals surface area contributed by atoms with Crippen LogP contribution in [0.5, 0.6) is 0 Å². The highest BCUT2D eigenvalue weighted by Gasteiger charge is 2.14. The highest BCUT2D eigenvalue weighted by molar-refractivity contribution is 7.07. The molecule has 0 bridgehead atoms. The van der Waals surface area contributed by atoms with Crippen LogP contribution in [0.25, 0.3) is 11.0 Å². The van der Waals surface area contributed by atoms with Gasteiger partial charge in [-0.05, 0) is 40.9 Å². The van der Waals surface area contributed by atoms with Crippen LogP contribution in [0.15, 0.2) is 45.5 Å². The number of benzene rings is 1. The zero-order valence-electron chi connectivity index (χ0n) is 9.60. The third-order valence-electron chi connectivity index (χ3n) is 2.92. The molecule has 0 radical (unpaired) electrons. The minimum absolute atomic E-state index is 0.136. The Morgan fingerprint density at radius 1 is 1.33 bits per heavy atom. The summed E-state index contributed by atoms with van der Waals surface area (Å²) in [4.78, 5) is 0. The number of furan rings is 1. The molecule has 1 atom stereocenters. The Morgan fingerprint density at radius 3 is 2.94 bits per heavy atom. The quantitative estimate of drug-likeness (QED) is 0.771. The lowest BCUT2D eigenvalue weighted by atomic mass is 10.1. The third-order valence-corrected chi connectivity index (χ3v) is 3.95. The van der Waals surface area contributed by atoms with Crippen molar-refractivity contribution in [1.82, 2.24) is 0 Å². The van der Waals surface area contributed by atoms with Gasteiger partial charge in [0, 0.05) is 5.39 Å². The van der Waals surface area contributed by atoms with E-state index in [-0.39, 0.29) is 6.04 Å². The van der Waals surface area contributed by atoms with Crippen LogP contribution in [0.1, 0.15) is 17.4 Å². The normalized spacial score (nSPS) is 13.0. The van der Waals surface area contributed by atoms with Crippen molar-refractivity contribution in [2.45, 2.75) is 12.5 Å². The first kappa shape index (κ1) is 11.8. The van der Waals surface area contributed by atoms with E-state index in [9.17, 15) is 0 Å². The number of para-hydroxylation sites is 1. The molecule has 2 nitrogen and oxygen atoms in total. The molecule has 2 heterocycles. The summed E-state index contributed by atoms with van der Waals surface area (Å²) >= 11 is 7.76. The summed E-state index contributed by atoms with van der Waals surface area (Å²) in [6, 6.07) is 9.63. The molecule has 0 aliphatic rings. The van der Waals surface area contributed by atoms with Gasteiger partial charge >= 0.3 is 0 Å². The van der Waals surface area contributed by atoms with E-state index < -0.39 is 0 Å². The molecule has 1 unspecified atom stereocenters. The molecular weight excluding hydrogens is 266 g/mol. The van der Waals surface area contributed by atoms with Gasteiger partial charge < -0.3 is 10.2 Å². The molecule has 0 aliphatic carbocycles. The van der Waals surface area contributed by atoms with E-state index >= 15 is 0 Å². The smallest absolute Gasteiger partial charge is 0.152 e. The van der Waals surface area contributed by atoms with Crippen molar-refractivity contribution in [2.75, 3.05) is 0 Å². The van der Waals surface area contributed by atoms with E-state index in [1.807, 2.05) is 24.3 Å². The fraction of sp³-hybridized carbons (Fsp3) is 0.143. The van der Waals surface area contributed by atoms with Gasteiger partial charge in [-0.1, -0.05) is 23.7 Å². The zero-order valence-corrected chi connectivity index (χ0v) is 11.2. The van der Waals surface area contributed by atoms with Crippen molar-refractivity contribution >= 4 is 33.9 Å². The van der Waals surface area contributed by atoms with Crippen LogP contribution in [0.2, 0.25) is 5.02 Å². The van der Waals surface area contributed by atoms with E-state index in [2.05, 4.69) is 16.8 Å². The minimum Gasteiger partial charge on any atom is -0.458 e. The van der Waals surface area contributed by atoms with Crippen molar-refractivity contribution < 1.29 is 4.42 Å². The van der Waals surface area contributed by atoms with Crippen LogP contribution in [0, 0.1) is 0 Å². The molecule has 0 amide bonds. The second-order valence-electron chi connectivity index (χ2n) is 4.25. The Bertz CT molecular complexity index is 660. The number of hydrogen-bond donors (Lipinski definition) is 1. The summed E-state index contributed by atoms with van der Waals surface area (Å²) in [5, 5.41) is 5.78. The lowest BCUT2D eigenvalue weighted by Gasteiger charge is -2.06. The van der Waals surface area contributed by atoms with E-state index in [0.29, 0.717) is 5.02 Å². The Balaban J connectivity index is 1.92. The van der Waals surface area contributed by atoms with Crippen molar-refractivity contribution in [3.8, 4) is 0 Å². The first-order chi connectivity index (χ1) is 8.74. The van der Waals surface area contributed by atoms with Crippen LogP contribution in [0.4, 0.5) is 0 Å². The average Bonchev–Trinajstić information content (AvgIpc) is 2.97. The summed E-state index contributed by atoms with van der Waals surface area (Å²) in [6.07, 6.45) is 0.779. The zero-order chi connectivity index (χ0) is 12.5. The summed E-state index contributed by atoms with van der Waals surface area (Å²) < 4.78 is 5.76. The SMILES string of the molecule is NC(Cc1ccsc1)c1cc2cccc(Cl)c2o1. The molecule has 3 rings (SSSR count). The second kappa shape index (κ2) is 4.76. The molecular formula is C14H12ClNOS. The Morgan fingerprint density at radius 2 is 2.22 bits per heavy atom. The Hall–Kier alpha value is -1.29. The van der Waals surface area contributed by atoms with Crippen LogP contribution >= 0.6 is 22.9 Å². The highest BCUT2D eigenvalue weighted by atomic mass is 35.5. The van der Waals surface area contributed by atoms with E-state index in [1.165, 1.54) is 5.56 Å². The maximum absolute atomic E-state index is 6.17. The summed E-state index contributed by atoms with van der Waals surface area (Å²) in [7, 11) is 0. The van der Waals surface area contributed by atoms with Crippen molar-refractivity contribution in [1.29, 1.82) is 0 Å². The Labute approximate surface area is 114 Å². The molecule has 0 saturated heterocycles. The van der Waals surface area contributed by atoms with Gasteiger partial charge in [-0.25, -0.2) is 0 Å². The fourth-order valence-corrected chi connectivity index (χ4v) is 2.90. The van der Waals surface area contributed by atoms with Gasteiger partial charge in [-0.15, -0.1) is 0 Å². The van der Waals surface area contributed by atoms with Gasteiger partial charge in [0.25, 0.3) is 0 Å². The largest absolute Gasteiger partial charge is 0.458 e. The lowest BCUT2D eigenvalue weighted by Crippen LogP contribution is -2.11. The molecule has 0 aliphatic heterocycles. The number of nitrogens with two attached hydrogens (primary N) is 1. The molecule has 2 aromatic heterocycles. The van der Waals surface area contributed by atoms with Gasteiger partial charge in [0.15, 0.2) is 5.58 Å². The molecule has 4 heteroatoms. The molecule has 0 fully saturated rings. The van der Waals surface area contributed by atoms with Gasteiger partial charge in [-0.3, -0.25) is 0 Å². The standard InChI is InChI=1S/C14H12ClNOS/c15-11-3-1-2-10-7-13(17-14(10)11)12(16)6-9-4-5-18-8-9/h1-5,7-8,12H,6,16H2. The van der Waals surface area contributed by atoms with Gasteiger partial charge in [-0.2, -0.15) is 11.3 Å². The maximum atomic E-state index is 6.17. The number of thiophene rings is 1. The predicted molar refractivity (Wildman–Crippen MR) is 76.2 cm³/mol. The van der Waals surface area contributed by atoms with E-state index in [0.717, 1.165) is 23.2 Å². The molecule has 0 saturated carbocycles. The first-order valence-electron chi connectivity index (χ1n) is 5.68. The molecule has 0 spiro atoms. The molecule has 1 aromatic carbocycles. The Kier molecular flexibility index (Phi) is 3.12. The summed E-state index contributed by atoms with van der Waals surface area (Å²) in [5.41, 5.74) is 8.12. The van der Waals surface area contributed by atoms with Gasteiger partial charge in [0.1, 0.15) is 5.76 Å². The van der Waals surface area contributed by atoms with E-state index in [4.69, 9.17) is 21.8 Å². The summed E-state index contributed by atoms with van der Waals surface area (Å²) in [6.45, 7) is 0. The maximum Gasteiger partial charge on any atom is 0.152 e. The third kappa shape index (κ3) is 2.17. The van der Waals surface area contributed by atoms with Crippen LogP contribution in [-0.4, -0.2) is 0 Å². The molecule has 92 valence electrons. The minimum atomic E-state index is -0.136. The summed E-state index contributed by atoms with van der Waals surface area (Å²) in [5.74, 6) is 0.782.